The van der Waals surface area contributed by atoms with E-state index in [-0.39, 0.29) is 5.56 Å². The highest BCUT2D eigenvalue weighted by molar-refractivity contribution is 7.98. The minimum Gasteiger partial charge on any atom is -0.308 e. The van der Waals surface area contributed by atoms with Gasteiger partial charge < -0.3 is 10.4 Å². The summed E-state index contributed by atoms with van der Waals surface area (Å²) in [6, 6.07) is 5.29. The van der Waals surface area contributed by atoms with Crippen molar-refractivity contribution in [3.63, 3.8) is 0 Å². The van der Waals surface area contributed by atoms with Gasteiger partial charge in [-0.1, -0.05) is 31.2 Å². The number of anilines is 1. The molecule has 2 aromatic rings. The van der Waals surface area contributed by atoms with Crippen molar-refractivity contribution >= 4 is 17.6 Å². The van der Waals surface area contributed by atoms with Crippen molar-refractivity contribution in [1.29, 1.82) is 0 Å². The maximum Gasteiger partial charge on any atom is 0.251 e. The molecule has 0 radical (unpaired) electrons. The lowest BCUT2D eigenvalue weighted by molar-refractivity contribution is 0.816. The van der Waals surface area contributed by atoms with E-state index in [4.69, 9.17) is 5.84 Å². The Kier molecular flexibility index (Phi) is 5.14. The van der Waals surface area contributed by atoms with E-state index < -0.39 is 0 Å². The summed E-state index contributed by atoms with van der Waals surface area (Å²) in [4.78, 5) is 22.8. The maximum atomic E-state index is 11.5. The second-order valence-electron chi connectivity index (χ2n) is 4.28. The number of hydrazine groups is 1. The number of thioether (sulfide) groups is 1. The van der Waals surface area contributed by atoms with Crippen LogP contribution in [0.5, 0.6) is 0 Å². The highest BCUT2D eigenvalue weighted by Gasteiger charge is 2.03. The number of aryl methyl sites for hydroxylation is 1. The fourth-order valence-electron chi connectivity index (χ4n) is 1.68. The highest BCUT2D eigenvalue weighted by Crippen LogP contribution is 2.18. The van der Waals surface area contributed by atoms with Crippen LogP contribution in [0.3, 0.4) is 0 Å². The molecule has 6 nitrogen and oxygen atoms in total. The second kappa shape index (κ2) is 7.06. The molecule has 0 unspecified atom stereocenters. The average Bonchev–Trinajstić information content (AvgIpc) is 2.45. The van der Waals surface area contributed by atoms with Crippen LogP contribution in [0.15, 0.2) is 34.3 Å². The molecule has 0 saturated heterocycles. The Morgan fingerprint density at radius 3 is 2.95 bits per heavy atom. The summed E-state index contributed by atoms with van der Waals surface area (Å²) in [5, 5.41) is 0.641. The van der Waals surface area contributed by atoms with Crippen LogP contribution < -0.4 is 16.8 Å². The lowest BCUT2D eigenvalue weighted by atomic mass is 10.2. The number of nitrogens with zero attached hydrogens (tertiary/aromatic N) is 2. The second-order valence-corrected chi connectivity index (χ2v) is 5.24. The van der Waals surface area contributed by atoms with Gasteiger partial charge in [-0.25, -0.2) is 15.8 Å². The van der Waals surface area contributed by atoms with Crippen molar-refractivity contribution in [2.24, 2.45) is 5.84 Å². The lowest BCUT2D eigenvalue weighted by Gasteiger charge is -2.04. The third kappa shape index (κ3) is 4.07. The summed E-state index contributed by atoms with van der Waals surface area (Å²) in [6.07, 6.45) is 3.53. The molecule has 0 aliphatic carbocycles. The van der Waals surface area contributed by atoms with Gasteiger partial charge in [0.25, 0.3) is 5.56 Å². The first-order valence-electron chi connectivity index (χ1n) is 6.36. The fourth-order valence-corrected chi connectivity index (χ4v) is 2.51. The highest BCUT2D eigenvalue weighted by atomic mass is 32.2. The number of aromatic amines is 1. The van der Waals surface area contributed by atoms with Crippen LogP contribution in [0.25, 0.3) is 0 Å². The molecule has 4 N–H and O–H groups in total. The normalized spacial score (nSPS) is 10.5. The molecule has 0 fully saturated rings. The molecule has 0 spiro atoms. The van der Waals surface area contributed by atoms with Crippen LogP contribution in [0, 0.1) is 0 Å². The topological polar surface area (TPSA) is 96.7 Å². The minimum atomic E-state index is -0.105. The predicted molar refractivity (Wildman–Crippen MR) is 80.5 cm³/mol. The molecule has 0 amide bonds. The van der Waals surface area contributed by atoms with Crippen LogP contribution in [-0.2, 0) is 12.2 Å². The van der Waals surface area contributed by atoms with Gasteiger partial charge in [-0.15, -0.1) is 0 Å². The van der Waals surface area contributed by atoms with Crippen LogP contribution >= 0.6 is 11.8 Å². The number of hydrogen-bond acceptors (Lipinski definition) is 6. The summed E-state index contributed by atoms with van der Waals surface area (Å²) in [5.41, 5.74) is 4.25. The Morgan fingerprint density at radius 1 is 1.45 bits per heavy atom. The molecule has 0 saturated carbocycles. The van der Waals surface area contributed by atoms with E-state index in [1.54, 1.807) is 18.3 Å². The third-order valence-electron chi connectivity index (χ3n) is 2.63. The molecule has 2 heterocycles. The van der Waals surface area contributed by atoms with E-state index >= 15 is 0 Å². The molecule has 2 rings (SSSR count). The van der Waals surface area contributed by atoms with Gasteiger partial charge in [0.1, 0.15) is 5.82 Å². The minimum absolute atomic E-state index is 0.105. The monoisotopic (exact) mass is 291 g/mol. The first kappa shape index (κ1) is 14.5. The van der Waals surface area contributed by atoms with E-state index in [0.29, 0.717) is 16.7 Å². The van der Waals surface area contributed by atoms with Gasteiger partial charge in [-0.3, -0.25) is 4.79 Å². The van der Waals surface area contributed by atoms with Crippen molar-refractivity contribution in [2.45, 2.75) is 30.7 Å². The molecular formula is C13H17N5OS. The first-order valence-corrected chi connectivity index (χ1v) is 7.34. The molecule has 0 aliphatic rings. The SMILES string of the molecule is CCCc1cc(=O)[nH]c(SCc2ccc(NN)nc2)n1. The Morgan fingerprint density at radius 2 is 2.30 bits per heavy atom. The van der Waals surface area contributed by atoms with Gasteiger partial charge in [0, 0.05) is 23.7 Å². The molecule has 0 aliphatic heterocycles. The van der Waals surface area contributed by atoms with E-state index in [2.05, 4.69) is 27.3 Å². The van der Waals surface area contributed by atoms with Gasteiger partial charge in [-0.05, 0) is 18.1 Å². The van der Waals surface area contributed by atoms with Gasteiger partial charge in [0.15, 0.2) is 5.16 Å². The number of hydrogen-bond donors (Lipinski definition) is 3. The van der Waals surface area contributed by atoms with Gasteiger partial charge in [0.2, 0.25) is 0 Å². The molecular weight excluding hydrogens is 274 g/mol. The first-order chi connectivity index (χ1) is 9.71. The van der Waals surface area contributed by atoms with Gasteiger partial charge >= 0.3 is 0 Å². The number of nitrogens with one attached hydrogen (secondary N) is 2. The molecule has 20 heavy (non-hydrogen) atoms. The van der Waals surface area contributed by atoms with Crippen molar-refractivity contribution < 1.29 is 0 Å². The summed E-state index contributed by atoms with van der Waals surface area (Å²) < 4.78 is 0. The van der Waals surface area contributed by atoms with Crippen molar-refractivity contribution in [1.82, 2.24) is 15.0 Å². The summed E-state index contributed by atoms with van der Waals surface area (Å²) in [7, 11) is 0. The summed E-state index contributed by atoms with van der Waals surface area (Å²) >= 11 is 1.48. The number of nitrogens with two attached hydrogens (primary N) is 1. The lowest BCUT2D eigenvalue weighted by Crippen LogP contribution is -2.10. The van der Waals surface area contributed by atoms with E-state index in [1.807, 2.05) is 6.07 Å². The smallest absolute Gasteiger partial charge is 0.251 e. The molecule has 106 valence electrons. The molecule has 0 atom stereocenters. The number of rotatable bonds is 6. The molecule has 0 aromatic carbocycles. The quantitative estimate of drug-likeness (QED) is 0.324. The third-order valence-corrected chi connectivity index (χ3v) is 3.57. The van der Waals surface area contributed by atoms with E-state index in [1.165, 1.54) is 11.8 Å². The fraction of sp³-hybridized carbons (Fsp3) is 0.308. The predicted octanol–water partition coefficient (Wildman–Crippen LogP) is 1.70. The number of nitrogen functional groups attached to an aromatic ring is 1. The largest absolute Gasteiger partial charge is 0.308 e. The van der Waals surface area contributed by atoms with Gasteiger partial charge in [0.05, 0.1) is 0 Å². The van der Waals surface area contributed by atoms with Gasteiger partial charge in [-0.2, -0.15) is 0 Å². The van der Waals surface area contributed by atoms with E-state index in [0.717, 1.165) is 24.1 Å². The zero-order valence-corrected chi connectivity index (χ0v) is 12.0. The zero-order valence-electron chi connectivity index (χ0n) is 11.2. The number of H-pyrrole nitrogens is 1. The van der Waals surface area contributed by atoms with Crippen molar-refractivity contribution in [3.05, 3.63) is 46.0 Å². The van der Waals surface area contributed by atoms with Crippen LogP contribution in [-0.4, -0.2) is 15.0 Å². The Balaban J connectivity index is 2.04. The Bertz CT molecular complexity index is 611. The Hall–Kier alpha value is -1.86. The summed E-state index contributed by atoms with van der Waals surface area (Å²) in [5.74, 6) is 6.57. The molecule has 7 heteroatoms. The van der Waals surface area contributed by atoms with Crippen LogP contribution in [0.2, 0.25) is 0 Å². The number of pyridine rings is 1. The zero-order chi connectivity index (χ0) is 14.4. The molecule has 2 aromatic heterocycles. The average molecular weight is 291 g/mol. The maximum absolute atomic E-state index is 11.5. The summed E-state index contributed by atoms with van der Waals surface area (Å²) in [6.45, 7) is 2.06. The number of aromatic nitrogens is 3. The molecule has 0 bridgehead atoms. The van der Waals surface area contributed by atoms with E-state index in [9.17, 15) is 4.79 Å². The van der Waals surface area contributed by atoms with Crippen LogP contribution in [0.1, 0.15) is 24.6 Å². The standard InChI is InChI=1S/C13H17N5OS/c1-2-3-10-6-12(19)17-13(16-10)20-8-9-4-5-11(18-14)15-7-9/h4-7H,2-3,8,14H2,1H3,(H,15,18)(H,16,17,19). The van der Waals surface area contributed by atoms with Crippen molar-refractivity contribution in [2.75, 3.05) is 5.43 Å². The Labute approximate surface area is 121 Å². The van der Waals surface area contributed by atoms with Crippen LogP contribution in [0.4, 0.5) is 5.82 Å². The van der Waals surface area contributed by atoms with Crippen molar-refractivity contribution in [3.8, 4) is 0 Å².